The predicted molar refractivity (Wildman–Crippen MR) is 82.4 cm³/mol. The van der Waals surface area contributed by atoms with Gasteiger partial charge in [-0.25, -0.2) is 0 Å². The lowest BCUT2D eigenvalue weighted by Crippen LogP contribution is -2.51. The first kappa shape index (κ1) is 15.8. The zero-order valence-electron chi connectivity index (χ0n) is 12.9. The van der Waals surface area contributed by atoms with Gasteiger partial charge in [-0.2, -0.15) is 0 Å². The Morgan fingerprint density at radius 1 is 1.25 bits per heavy atom. The standard InChI is InChI=1S/C16H31N3O/c1-2-13-8-9-19(15(10-13)11-17)12-16(20)18-14-6-4-3-5-7-14/h13-15H,2-12,17H2,1H3,(H,18,20). The van der Waals surface area contributed by atoms with Crippen molar-refractivity contribution in [1.29, 1.82) is 0 Å². The molecule has 2 fully saturated rings. The molecule has 2 aliphatic rings. The molecule has 1 amide bonds. The Kier molecular flexibility index (Phi) is 6.30. The van der Waals surface area contributed by atoms with Crippen LogP contribution in [0, 0.1) is 5.92 Å². The second-order valence-electron chi connectivity index (χ2n) is 6.56. The Morgan fingerprint density at radius 3 is 2.65 bits per heavy atom. The van der Waals surface area contributed by atoms with Gasteiger partial charge < -0.3 is 11.1 Å². The summed E-state index contributed by atoms with van der Waals surface area (Å²) in [7, 11) is 0. The summed E-state index contributed by atoms with van der Waals surface area (Å²) in [5.74, 6) is 0.992. The monoisotopic (exact) mass is 281 g/mol. The van der Waals surface area contributed by atoms with Crippen molar-refractivity contribution in [2.24, 2.45) is 11.7 Å². The summed E-state index contributed by atoms with van der Waals surface area (Å²) < 4.78 is 0. The molecule has 1 aliphatic carbocycles. The minimum Gasteiger partial charge on any atom is -0.352 e. The molecule has 4 heteroatoms. The second-order valence-corrected chi connectivity index (χ2v) is 6.56. The Balaban J connectivity index is 1.77. The molecule has 0 bridgehead atoms. The molecule has 2 atom stereocenters. The van der Waals surface area contributed by atoms with Crippen molar-refractivity contribution < 1.29 is 4.79 Å². The van der Waals surface area contributed by atoms with Crippen LogP contribution in [-0.4, -0.2) is 42.5 Å². The van der Waals surface area contributed by atoms with E-state index in [9.17, 15) is 4.79 Å². The first-order valence-electron chi connectivity index (χ1n) is 8.46. The number of likely N-dealkylation sites (tertiary alicyclic amines) is 1. The van der Waals surface area contributed by atoms with Gasteiger partial charge in [-0.05, 0) is 38.1 Å². The number of nitrogens with two attached hydrogens (primary N) is 1. The molecule has 2 rings (SSSR count). The molecule has 0 spiro atoms. The van der Waals surface area contributed by atoms with Gasteiger partial charge in [0.1, 0.15) is 0 Å². The van der Waals surface area contributed by atoms with E-state index >= 15 is 0 Å². The summed E-state index contributed by atoms with van der Waals surface area (Å²) in [6.45, 7) is 4.49. The Hall–Kier alpha value is -0.610. The van der Waals surface area contributed by atoms with Crippen molar-refractivity contribution in [3.05, 3.63) is 0 Å². The Bertz CT molecular complexity index is 302. The first-order chi connectivity index (χ1) is 9.72. The van der Waals surface area contributed by atoms with Crippen molar-refractivity contribution in [2.45, 2.75) is 70.4 Å². The molecule has 1 aliphatic heterocycles. The molecular formula is C16H31N3O. The van der Waals surface area contributed by atoms with E-state index < -0.39 is 0 Å². The Morgan fingerprint density at radius 2 is 2.00 bits per heavy atom. The molecule has 0 aromatic rings. The van der Waals surface area contributed by atoms with Crippen LogP contribution >= 0.6 is 0 Å². The maximum absolute atomic E-state index is 12.2. The third-order valence-corrected chi connectivity index (χ3v) is 5.11. The molecule has 1 saturated heterocycles. The van der Waals surface area contributed by atoms with Gasteiger partial charge in [-0.3, -0.25) is 9.69 Å². The number of hydrogen-bond donors (Lipinski definition) is 2. The van der Waals surface area contributed by atoms with E-state index in [0.717, 1.165) is 31.7 Å². The van der Waals surface area contributed by atoms with E-state index in [4.69, 9.17) is 5.73 Å². The van der Waals surface area contributed by atoms with Gasteiger partial charge in [0.15, 0.2) is 0 Å². The summed E-state index contributed by atoms with van der Waals surface area (Å²) in [6.07, 6.45) is 9.77. The molecule has 0 aromatic carbocycles. The van der Waals surface area contributed by atoms with E-state index in [1.807, 2.05) is 0 Å². The van der Waals surface area contributed by atoms with E-state index in [-0.39, 0.29) is 5.91 Å². The lowest BCUT2D eigenvalue weighted by atomic mass is 9.89. The minimum atomic E-state index is 0.199. The van der Waals surface area contributed by atoms with Gasteiger partial charge in [-0.1, -0.05) is 32.6 Å². The quantitative estimate of drug-likeness (QED) is 0.809. The largest absolute Gasteiger partial charge is 0.352 e. The number of piperidine rings is 1. The third kappa shape index (κ3) is 4.45. The molecule has 116 valence electrons. The van der Waals surface area contributed by atoms with E-state index in [1.54, 1.807) is 0 Å². The fraction of sp³-hybridized carbons (Fsp3) is 0.938. The van der Waals surface area contributed by atoms with Crippen LogP contribution in [0.4, 0.5) is 0 Å². The number of carbonyl (C=O) groups excluding carboxylic acids is 1. The van der Waals surface area contributed by atoms with Gasteiger partial charge in [-0.15, -0.1) is 0 Å². The number of hydrogen-bond acceptors (Lipinski definition) is 3. The average Bonchev–Trinajstić information content (AvgIpc) is 2.48. The summed E-state index contributed by atoms with van der Waals surface area (Å²) >= 11 is 0. The van der Waals surface area contributed by atoms with Gasteiger partial charge in [0, 0.05) is 18.6 Å². The molecule has 1 saturated carbocycles. The fourth-order valence-corrected chi connectivity index (χ4v) is 3.71. The van der Waals surface area contributed by atoms with Crippen molar-refractivity contribution in [2.75, 3.05) is 19.6 Å². The van der Waals surface area contributed by atoms with Gasteiger partial charge in [0.05, 0.1) is 6.54 Å². The fourth-order valence-electron chi connectivity index (χ4n) is 3.71. The van der Waals surface area contributed by atoms with Crippen LogP contribution in [0.3, 0.4) is 0 Å². The SMILES string of the molecule is CCC1CCN(CC(=O)NC2CCCCC2)C(CN)C1. The molecule has 0 aromatic heterocycles. The highest BCUT2D eigenvalue weighted by molar-refractivity contribution is 5.78. The van der Waals surface area contributed by atoms with E-state index in [1.165, 1.54) is 32.1 Å². The number of rotatable bonds is 5. The number of nitrogens with zero attached hydrogens (tertiary/aromatic N) is 1. The van der Waals surface area contributed by atoms with Crippen molar-refractivity contribution in [1.82, 2.24) is 10.2 Å². The molecule has 3 N–H and O–H groups in total. The smallest absolute Gasteiger partial charge is 0.234 e. The highest BCUT2D eigenvalue weighted by atomic mass is 16.2. The zero-order chi connectivity index (χ0) is 14.4. The van der Waals surface area contributed by atoms with Crippen molar-refractivity contribution in [3.8, 4) is 0 Å². The summed E-state index contributed by atoms with van der Waals surface area (Å²) in [6, 6.07) is 0.812. The van der Waals surface area contributed by atoms with Crippen LogP contribution in [0.2, 0.25) is 0 Å². The Labute approximate surface area is 123 Å². The molecule has 0 radical (unpaired) electrons. The van der Waals surface area contributed by atoms with Crippen LogP contribution in [-0.2, 0) is 4.79 Å². The highest BCUT2D eigenvalue weighted by Gasteiger charge is 2.28. The zero-order valence-corrected chi connectivity index (χ0v) is 12.9. The van der Waals surface area contributed by atoms with Gasteiger partial charge >= 0.3 is 0 Å². The molecule has 20 heavy (non-hydrogen) atoms. The number of carbonyl (C=O) groups is 1. The van der Waals surface area contributed by atoms with Crippen molar-refractivity contribution in [3.63, 3.8) is 0 Å². The molecule has 4 nitrogen and oxygen atoms in total. The molecule has 1 heterocycles. The third-order valence-electron chi connectivity index (χ3n) is 5.11. The van der Waals surface area contributed by atoms with Gasteiger partial charge in [0.2, 0.25) is 5.91 Å². The highest BCUT2D eigenvalue weighted by Crippen LogP contribution is 2.24. The average molecular weight is 281 g/mol. The van der Waals surface area contributed by atoms with Crippen LogP contribution in [0.1, 0.15) is 58.3 Å². The topological polar surface area (TPSA) is 58.4 Å². The maximum Gasteiger partial charge on any atom is 0.234 e. The van der Waals surface area contributed by atoms with Crippen LogP contribution in [0.25, 0.3) is 0 Å². The first-order valence-corrected chi connectivity index (χ1v) is 8.46. The van der Waals surface area contributed by atoms with Crippen LogP contribution < -0.4 is 11.1 Å². The summed E-state index contributed by atoms with van der Waals surface area (Å²) in [5.41, 5.74) is 5.90. The predicted octanol–water partition coefficient (Wildman–Crippen LogP) is 1.88. The number of amides is 1. The van der Waals surface area contributed by atoms with Crippen LogP contribution in [0.15, 0.2) is 0 Å². The lowest BCUT2D eigenvalue weighted by Gasteiger charge is -2.38. The summed E-state index contributed by atoms with van der Waals surface area (Å²) in [4.78, 5) is 14.5. The van der Waals surface area contributed by atoms with Crippen molar-refractivity contribution >= 4 is 5.91 Å². The van der Waals surface area contributed by atoms with Crippen LogP contribution in [0.5, 0.6) is 0 Å². The maximum atomic E-state index is 12.2. The van der Waals surface area contributed by atoms with E-state index in [0.29, 0.717) is 25.2 Å². The summed E-state index contributed by atoms with van der Waals surface area (Å²) in [5, 5.41) is 3.21. The van der Waals surface area contributed by atoms with Gasteiger partial charge in [0.25, 0.3) is 0 Å². The molecule has 2 unspecified atom stereocenters. The number of nitrogens with one attached hydrogen (secondary N) is 1. The lowest BCUT2D eigenvalue weighted by molar-refractivity contribution is -0.124. The molecular weight excluding hydrogens is 250 g/mol. The normalized spacial score (nSPS) is 29.3. The second kappa shape index (κ2) is 7.99. The minimum absolute atomic E-state index is 0.199. The van der Waals surface area contributed by atoms with E-state index in [2.05, 4.69) is 17.1 Å².